The van der Waals surface area contributed by atoms with Crippen LogP contribution in [-0.2, 0) is 4.74 Å². The number of aliphatic hydroxyl groups is 1. The Morgan fingerprint density at radius 3 is 2.58 bits per heavy atom. The number of aliphatic hydroxyl groups excluding tert-OH is 1. The summed E-state index contributed by atoms with van der Waals surface area (Å²) >= 11 is 0. The summed E-state index contributed by atoms with van der Waals surface area (Å²) < 4.78 is 5.01. The van der Waals surface area contributed by atoms with Crippen LogP contribution in [0.25, 0.3) is 0 Å². The van der Waals surface area contributed by atoms with Gasteiger partial charge in [0.05, 0.1) is 6.10 Å². The van der Waals surface area contributed by atoms with E-state index in [1.54, 1.807) is 7.11 Å². The van der Waals surface area contributed by atoms with Gasteiger partial charge in [0.25, 0.3) is 0 Å². The molecule has 6 heteroatoms. The first-order chi connectivity index (χ1) is 8.76. The van der Waals surface area contributed by atoms with E-state index in [2.05, 4.69) is 22.5 Å². The van der Waals surface area contributed by atoms with Crippen LogP contribution in [0.4, 0.5) is 0 Å². The zero-order valence-electron chi connectivity index (χ0n) is 12.0. The molecule has 0 aromatic carbocycles. The maximum atomic E-state index is 9.48. The third-order valence-electron chi connectivity index (χ3n) is 3.16. The van der Waals surface area contributed by atoms with Crippen LogP contribution in [0.2, 0.25) is 0 Å². The van der Waals surface area contributed by atoms with Crippen molar-refractivity contribution in [1.29, 1.82) is 0 Å². The van der Waals surface area contributed by atoms with E-state index in [0.717, 1.165) is 57.8 Å². The van der Waals surface area contributed by atoms with Gasteiger partial charge in [-0.15, -0.1) is 24.0 Å². The molecule has 0 spiro atoms. The smallest absolute Gasteiger partial charge is 0.191 e. The van der Waals surface area contributed by atoms with Crippen LogP contribution in [0.5, 0.6) is 0 Å². The van der Waals surface area contributed by atoms with Gasteiger partial charge in [0, 0.05) is 32.8 Å². The molecule has 114 valence electrons. The second-order valence-electron chi connectivity index (χ2n) is 4.76. The monoisotopic (exact) mass is 385 g/mol. The summed E-state index contributed by atoms with van der Waals surface area (Å²) in [5.74, 6) is 0.884. The first-order valence-corrected chi connectivity index (χ1v) is 6.98. The molecule has 19 heavy (non-hydrogen) atoms. The molecule has 0 bridgehead atoms. The lowest BCUT2D eigenvalue weighted by Crippen LogP contribution is -2.45. The largest absolute Gasteiger partial charge is 0.393 e. The lowest BCUT2D eigenvalue weighted by atomic mass is 9.93. The van der Waals surface area contributed by atoms with Crippen molar-refractivity contribution >= 4 is 29.9 Å². The van der Waals surface area contributed by atoms with Crippen molar-refractivity contribution in [2.75, 3.05) is 26.8 Å². The summed E-state index contributed by atoms with van der Waals surface area (Å²) in [6.45, 7) is 4.46. The van der Waals surface area contributed by atoms with Crippen LogP contribution in [0, 0.1) is 0 Å². The van der Waals surface area contributed by atoms with Gasteiger partial charge in [0.1, 0.15) is 0 Å². The predicted molar refractivity (Wildman–Crippen MR) is 89.3 cm³/mol. The quantitative estimate of drug-likeness (QED) is 0.281. The van der Waals surface area contributed by atoms with E-state index in [1.807, 2.05) is 0 Å². The standard InChI is InChI=1S/C13H27N3O2.HI/c1-3-14-13(15-9-4-10-18-2)16-11-5-7-12(17)8-6-11;/h11-12,17H,3-10H2,1-2H3,(H2,14,15,16);1H. The lowest BCUT2D eigenvalue weighted by molar-refractivity contribution is 0.120. The fourth-order valence-electron chi connectivity index (χ4n) is 2.13. The first-order valence-electron chi connectivity index (χ1n) is 6.98. The van der Waals surface area contributed by atoms with Gasteiger partial charge in [-0.05, 0) is 39.0 Å². The van der Waals surface area contributed by atoms with Gasteiger partial charge < -0.3 is 20.5 Å². The number of rotatable bonds is 6. The second kappa shape index (κ2) is 11.7. The molecule has 0 atom stereocenters. The highest BCUT2D eigenvalue weighted by Gasteiger charge is 2.19. The van der Waals surface area contributed by atoms with Crippen LogP contribution < -0.4 is 10.6 Å². The Labute approximate surface area is 133 Å². The SMILES string of the molecule is CCNC(=NCCCOC)NC1CCC(O)CC1.I. The number of hydrogen-bond acceptors (Lipinski definition) is 3. The van der Waals surface area contributed by atoms with Gasteiger partial charge in [-0.25, -0.2) is 0 Å². The summed E-state index contributed by atoms with van der Waals surface area (Å²) in [5, 5.41) is 16.2. The second-order valence-corrected chi connectivity index (χ2v) is 4.76. The highest BCUT2D eigenvalue weighted by atomic mass is 127. The number of ether oxygens (including phenoxy) is 1. The van der Waals surface area contributed by atoms with Crippen LogP contribution in [0.3, 0.4) is 0 Å². The molecular formula is C13H28IN3O2. The Morgan fingerprint density at radius 1 is 1.32 bits per heavy atom. The van der Waals surface area contributed by atoms with E-state index in [-0.39, 0.29) is 30.1 Å². The van der Waals surface area contributed by atoms with E-state index in [1.165, 1.54) is 0 Å². The van der Waals surface area contributed by atoms with Crippen molar-refractivity contribution in [2.24, 2.45) is 4.99 Å². The molecule has 5 nitrogen and oxygen atoms in total. The van der Waals surface area contributed by atoms with E-state index in [0.29, 0.717) is 6.04 Å². The fraction of sp³-hybridized carbons (Fsp3) is 0.923. The molecule has 0 saturated heterocycles. The molecule has 0 radical (unpaired) electrons. The predicted octanol–water partition coefficient (Wildman–Crippen LogP) is 1.50. The number of halogens is 1. The van der Waals surface area contributed by atoms with Gasteiger partial charge in [-0.3, -0.25) is 4.99 Å². The van der Waals surface area contributed by atoms with Crippen molar-refractivity contribution in [1.82, 2.24) is 10.6 Å². The topological polar surface area (TPSA) is 65.9 Å². The van der Waals surface area contributed by atoms with Gasteiger partial charge in [0.2, 0.25) is 0 Å². The third kappa shape index (κ3) is 8.65. The fourth-order valence-corrected chi connectivity index (χ4v) is 2.13. The summed E-state index contributed by atoms with van der Waals surface area (Å²) in [4.78, 5) is 4.52. The van der Waals surface area contributed by atoms with Crippen molar-refractivity contribution in [3.8, 4) is 0 Å². The molecule has 0 heterocycles. The number of nitrogens with zero attached hydrogens (tertiary/aromatic N) is 1. The van der Waals surface area contributed by atoms with E-state index < -0.39 is 0 Å². The maximum Gasteiger partial charge on any atom is 0.191 e. The van der Waals surface area contributed by atoms with Crippen molar-refractivity contribution in [3.05, 3.63) is 0 Å². The van der Waals surface area contributed by atoms with Crippen LogP contribution in [0.1, 0.15) is 39.0 Å². The summed E-state index contributed by atoms with van der Waals surface area (Å²) in [7, 11) is 1.71. The maximum absolute atomic E-state index is 9.48. The molecule has 1 aliphatic carbocycles. The Morgan fingerprint density at radius 2 is 2.00 bits per heavy atom. The molecule has 0 aromatic rings. The first kappa shape index (κ1) is 18.9. The molecule has 1 fully saturated rings. The third-order valence-corrected chi connectivity index (χ3v) is 3.16. The number of aliphatic imine (C=N–C) groups is 1. The molecule has 1 aliphatic rings. The number of methoxy groups -OCH3 is 1. The molecule has 0 aliphatic heterocycles. The average molecular weight is 385 g/mol. The molecule has 0 amide bonds. The zero-order chi connectivity index (χ0) is 13.2. The van der Waals surface area contributed by atoms with Gasteiger partial charge in [0.15, 0.2) is 5.96 Å². The van der Waals surface area contributed by atoms with Crippen LogP contribution in [0.15, 0.2) is 4.99 Å². The molecule has 1 saturated carbocycles. The minimum Gasteiger partial charge on any atom is -0.393 e. The summed E-state index contributed by atoms with van der Waals surface area (Å²) in [6, 6.07) is 0.439. The van der Waals surface area contributed by atoms with Crippen LogP contribution in [-0.4, -0.2) is 50.0 Å². The van der Waals surface area contributed by atoms with Crippen LogP contribution >= 0.6 is 24.0 Å². The molecular weight excluding hydrogens is 357 g/mol. The summed E-state index contributed by atoms with van der Waals surface area (Å²) in [5.41, 5.74) is 0. The van der Waals surface area contributed by atoms with E-state index in [4.69, 9.17) is 4.74 Å². The minimum atomic E-state index is -0.107. The van der Waals surface area contributed by atoms with Gasteiger partial charge >= 0.3 is 0 Å². The Hall–Kier alpha value is -0.0800. The van der Waals surface area contributed by atoms with Crippen molar-refractivity contribution in [2.45, 2.75) is 51.2 Å². The highest BCUT2D eigenvalue weighted by molar-refractivity contribution is 14.0. The molecule has 0 aromatic heterocycles. The van der Waals surface area contributed by atoms with Gasteiger partial charge in [-0.2, -0.15) is 0 Å². The Balaban J connectivity index is 0.00000324. The highest BCUT2D eigenvalue weighted by Crippen LogP contribution is 2.18. The van der Waals surface area contributed by atoms with Crippen molar-refractivity contribution in [3.63, 3.8) is 0 Å². The summed E-state index contributed by atoms with van der Waals surface area (Å²) in [6.07, 6.45) is 4.65. The number of guanidine groups is 1. The average Bonchev–Trinajstić information content (AvgIpc) is 2.37. The molecule has 1 rings (SSSR count). The number of hydrogen-bond donors (Lipinski definition) is 3. The minimum absolute atomic E-state index is 0. The number of nitrogens with one attached hydrogen (secondary N) is 2. The Kier molecular flexibility index (Phi) is 11.7. The normalized spacial score (nSPS) is 23.6. The van der Waals surface area contributed by atoms with Gasteiger partial charge in [-0.1, -0.05) is 0 Å². The zero-order valence-corrected chi connectivity index (χ0v) is 14.4. The Bertz CT molecular complexity index is 244. The molecule has 0 unspecified atom stereocenters. The van der Waals surface area contributed by atoms with E-state index >= 15 is 0 Å². The van der Waals surface area contributed by atoms with E-state index in [9.17, 15) is 5.11 Å². The van der Waals surface area contributed by atoms with Crippen molar-refractivity contribution < 1.29 is 9.84 Å². The molecule has 3 N–H and O–H groups in total. The lowest BCUT2D eigenvalue weighted by Gasteiger charge is -2.27.